The van der Waals surface area contributed by atoms with Crippen LogP contribution in [0.3, 0.4) is 0 Å². The van der Waals surface area contributed by atoms with Gasteiger partial charge < -0.3 is 14.1 Å². The maximum Gasteiger partial charge on any atom is 0.290 e. The number of hydrogen-bond donors (Lipinski definition) is 0. The molecular formula is C23H24N2O4. The molecule has 0 aliphatic carbocycles. The molecule has 1 aliphatic rings. The van der Waals surface area contributed by atoms with Crippen molar-refractivity contribution in [3.05, 3.63) is 75.4 Å². The van der Waals surface area contributed by atoms with Crippen molar-refractivity contribution in [2.24, 2.45) is 0 Å². The van der Waals surface area contributed by atoms with E-state index in [1.165, 1.54) is 0 Å². The van der Waals surface area contributed by atoms with Crippen LogP contribution in [0.5, 0.6) is 0 Å². The number of ether oxygens (including phenoxy) is 1. The molecule has 3 heterocycles. The fraction of sp³-hybridized carbons (Fsp3) is 0.348. The van der Waals surface area contributed by atoms with E-state index in [0.717, 1.165) is 12.0 Å². The van der Waals surface area contributed by atoms with Crippen LogP contribution in [0.15, 0.2) is 51.8 Å². The van der Waals surface area contributed by atoms with Gasteiger partial charge in [0.05, 0.1) is 16.6 Å². The summed E-state index contributed by atoms with van der Waals surface area (Å²) in [6.07, 6.45) is 3.16. The first kappa shape index (κ1) is 19.3. The molecule has 0 N–H and O–H groups in total. The molecule has 1 aliphatic heterocycles. The van der Waals surface area contributed by atoms with Gasteiger partial charge in [-0.25, -0.2) is 0 Å². The Morgan fingerprint density at radius 2 is 2.03 bits per heavy atom. The summed E-state index contributed by atoms with van der Waals surface area (Å²) in [5.41, 5.74) is 2.38. The molecule has 1 amide bonds. The average molecular weight is 392 g/mol. The summed E-state index contributed by atoms with van der Waals surface area (Å²) in [7, 11) is 0. The quantitative estimate of drug-likeness (QED) is 0.573. The number of carbonyl (C=O) groups excluding carboxylic acids is 1. The first-order chi connectivity index (χ1) is 14.2. The average Bonchev–Trinajstić information content (AvgIpc) is 3.04. The molecule has 29 heavy (non-hydrogen) atoms. The van der Waals surface area contributed by atoms with E-state index >= 15 is 0 Å². The van der Waals surface area contributed by atoms with Crippen molar-refractivity contribution >= 4 is 16.9 Å². The molecule has 0 saturated heterocycles. The molecule has 1 atom stereocenters. The van der Waals surface area contributed by atoms with Crippen LogP contribution in [0, 0.1) is 0 Å². The number of aromatic nitrogens is 1. The molecule has 0 bridgehead atoms. The fourth-order valence-electron chi connectivity index (χ4n) is 3.84. The summed E-state index contributed by atoms with van der Waals surface area (Å²) in [6.45, 7) is 5.61. The van der Waals surface area contributed by atoms with Crippen molar-refractivity contribution in [3.63, 3.8) is 0 Å². The van der Waals surface area contributed by atoms with E-state index in [9.17, 15) is 9.59 Å². The zero-order chi connectivity index (χ0) is 20.4. The van der Waals surface area contributed by atoms with Gasteiger partial charge in [-0.3, -0.25) is 14.6 Å². The Morgan fingerprint density at radius 1 is 1.17 bits per heavy atom. The highest BCUT2D eigenvalue weighted by Gasteiger charge is 2.43. The van der Waals surface area contributed by atoms with Gasteiger partial charge in [0.15, 0.2) is 5.43 Å². The van der Waals surface area contributed by atoms with Gasteiger partial charge in [-0.2, -0.15) is 0 Å². The van der Waals surface area contributed by atoms with Crippen LogP contribution in [0.2, 0.25) is 0 Å². The van der Waals surface area contributed by atoms with E-state index in [0.29, 0.717) is 48.4 Å². The Bertz CT molecular complexity index is 1090. The Labute approximate surface area is 169 Å². The fourth-order valence-corrected chi connectivity index (χ4v) is 3.84. The van der Waals surface area contributed by atoms with E-state index in [1.807, 2.05) is 44.2 Å². The van der Waals surface area contributed by atoms with Crippen LogP contribution in [-0.2, 0) is 11.2 Å². The smallest absolute Gasteiger partial charge is 0.290 e. The highest BCUT2D eigenvalue weighted by atomic mass is 16.5. The van der Waals surface area contributed by atoms with Gasteiger partial charge in [-0.1, -0.05) is 19.1 Å². The number of benzene rings is 1. The Balaban J connectivity index is 1.85. The summed E-state index contributed by atoms with van der Waals surface area (Å²) in [5.74, 6) is -0.149. The van der Waals surface area contributed by atoms with Crippen LogP contribution in [0.25, 0.3) is 11.0 Å². The van der Waals surface area contributed by atoms with Gasteiger partial charge in [-0.15, -0.1) is 0 Å². The van der Waals surface area contributed by atoms with Gasteiger partial charge in [-0.05, 0) is 49.6 Å². The van der Waals surface area contributed by atoms with Crippen LogP contribution < -0.4 is 5.43 Å². The van der Waals surface area contributed by atoms with Crippen molar-refractivity contribution in [1.29, 1.82) is 0 Å². The Kier molecular flexibility index (Phi) is 5.45. The lowest BCUT2D eigenvalue weighted by molar-refractivity contribution is 0.0693. The molecule has 0 radical (unpaired) electrons. The normalized spacial score (nSPS) is 15.9. The highest BCUT2D eigenvalue weighted by Crippen LogP contribution is 2.37. The number of nitrogens with zero attached hydrogens (tertiary/aromatic N) is 2. The third-order valence-electron chi connectivity index (χ3n) is 5.30. The van der Waals surface area contributed by atoms with Crippen molar-refractivity contribution < 1.29 is 13.9 Å². The second-order valence-electron chi connectivity index (χ2n) is 7.06. The largest absolute Gasteiger partial charge is 0.450 e. The molecular weight excluding hydrogens is 368 g/mol. The SMILES string of the molecule is CCOCCCN1C(=O)c2oc3ccc(CC)cc3c(=O)c2C1c1ccccn1. The second-order valence-corrected chi connectivity index (χ2v) is 7.06. The summed E-state index contributed by atoms with van der Waals surface area (Å²) in [6, 6.07) is 10.5. The number of carbonyl (C=O) groups is 1. The van der Waals surface area contributed by atoms with Crippen LogP contribution >= 0.6 is 0 Å². The lowest BCUT2D eigenvalue weighted by Crippen LogP contribution is -2.31. The molecule has 0 spiro atoms. The first-order valence-corrected chi connectivity index (χ1v) is 10.0. The summed E-state index contributed by atoms with van der Waals surface area (Å²) in [4.78, 5) is 32.8. The lowest BCUT2D eigenvalue weighted by Gasteiger charge is -2.24. The van der Waals surface area contributed by atoms with Crippen molar-refractivity contribution in [3.8, 4) is 0 Å². The molecule has 6 heteroatoms. The second kappa shape index (κ2) is 8.17. The van der Waals surface area contributed by atoms with Crippen molar-refractivity contribution in [2.45, 2.75) is 32.7 Å². The minimum absolute atomic E-state index is 0.124. The summed E-state index contributed by atoms with van der Waals surface area (Å²) < 4.78 is 11.4. The van der Waals surface area contributed by atoms with Crippen LogP contribution in [-0.4, -0.2) is 35.5 Å². The number of rotatable bonds is 7. The maximum absolute atomic E-state index is 13.4. The molecule has 4 rings (SSSR count). The topological polar surface area (TPSA) is 72.6 Å². The van der Waals surface area contributed by atoms with E-state index in [1.54, 1.807) is 17.2 Å². The minimum atomic E-state index is -0.550. The minimum Gasteiger partial charge on any atom is -0.450 e. The molecule has 0 fully saturated rings. The Morgan fingerprint density at radius 3 is 2.76 bits per heavy atom. The van der Waals surface area contributed by atoms with Gasteiger partial charge >= 0.3 is 0 Å². The molecule has 150 valence electrons. The summed E-state index contributed by atoms with van der Waals surface area (Å²) >= 11 is 0. The Hall–Kier alpha value is -2.99. The van der Waals surface area contributed by atoms with Crippen LogP contribution in [0.1, 0.15) is 53.7 Å². The van der Waals surface area contributed by atoms with Gasteiger partial charge in [0.2, 0.25) is 5.76 Å². The highest BCUT2D eigenvalue weighted by molar-refractivity contribution is 5.99. The molecule has 1 unspecified atom stereocenters. The third kappa shape index (κ3) is 3.44. The molecule has 6 nitrogen and oxygen atoms in total. The standard InChI is InChI=1S/C23H24N2O4/c1-3-15-9-10-18-16(14-15)21(26)19-20(17-8-5-6-11-24-17)25(12-7-13-28-4-2)23(27)22(19)29-18/h5-6,8-11,14,20H,3-4,7,12-13H2,1-2H3. The maximum atomic E-state index is 13.4. The first-order valence-electron chi connectivity index (χ1n) is 10.0. The molecule has 0 saturated carbocycles. The van der Waals surface area contributed by atoms with Gasteiger partial charge in [0.25, 0.3) is 5.91 Å². The zero-order valence-electron chi connectivity index (χ0n) is 16.7. The van der Waals surface area contributed by atoms with Gasteiger partial charge in [0.1, 0.15) is 11.6 Å². The molecule has 2 aromatic heterocycles. The van der Waals surface area contributed by atoms with Crippen molar-refractivity contribution in [1.82, 2.24) is 9.88 Å². The van der Waals surface area contributed by atoms with Crippen LogP contribution in [0.4, 0.5) is 0 Å². The molecule has 3 aromatic rings. The van der Waals surface area contributed by atoms with E-state index in [-0.39, 0.29) is 17.1 Å². The van der Waals surface area contributed by atoms with E-state index in [2.05, 4.69) is 4.98 Å². The number of fused-ring (bicyclic) bond motifs is 2. The van der Waals surface area contributed by atoms with E-state index < -0.39 is 6.04 Å². The van der Waals surface area contributed by atoms with E-state index in [4.69, 9.17) is 9.15 Å². The monoisotopic (exact) mass is 392 g/mol. The third-order valence-corrected chi connectivity index (χ3v) is 5.30. The number of aryl methyl sites for hydroxylation is 1. The van der Waals surface area contributed by atoms with Crippen molar-refractivity contribution in [2.75, 3.05) is 19.8 Å². The van der Waals surface area contributed by atoms with Gasteiger partial charge in [0, 0.05) is 26.0 Å². The zero-order valence-corrected chi connectivity index (χ0v) is 16.7. The number of amides is 1. The lowest BCUT2D eigenvalue weighted by atomic mass is 10.0. The predicted molar refractivity (Wildman–Crippen MR) is 110 cm³/mol. The summed E-state index contributed by atoms with van der Waals surface area (Å²) in [5, 5.41) is 0.507. The number of pyridine rings is 1. The number of hydrogen-bond acceptors (Lipinski definition) is 5. The molecule has 1 aromatic carbocycles. The predicted octanol–water partition coefficient (Wildman–Crippen LogP) is 3.72.